The van der Waals surface area contributed by atoms with Gasteiger partial charge in [0.2, 0.25) is 11.7 Å². The minimum absolute atomic E-state index is 0.0682. The van der Waals surface area contributed by atoms with Gasteiger partial charge in [0.05, 0.1) is 6.04 Å². The van der Waals surface area contributed by atoms with Crippen LogP contribution in [0, 0.1) is 28.6 Å². The molecule has 45 heavy (non-hydrogen) atoms. The van der Waals surface area contributed by atoms with Crippen LogP contribution in [0.1, 0.15) is 81.1 Å². The summed E-state index contributed by atoms with van der Waals surface area (Å²) in [6.45, 7) is 19.4. The Morgan fingerprint density at radius 3 is 2.31 bits per heavy atom. The summed E-state index contributed by atoms with van der Waals surface area (Å²) in [6.07, 6.45) is 2.43. The van der Waals surface area contributed by atoms with Crippen LogP contribution in [0.3, 0.4) is 0 Å². The molecule has 2 aliphatic heterocycles. The summed E-state index contributed by atoms with van der Waals surface area (Å²) < 4.78 is 10.6. The smallest absolute Gasteiger partial charge is 0.408 e. The molecule has 0 aromatic heterocycles. The van der Waals surface area contributed by atoms with Gasteiger partial charge < -0.3 is 30.3 Å². The number of allylic oxidation sites excluding steroid dienone is 1. The lowest BCUT2D eigenvalue weighted by Crippen LogP contribution is -2.58. The maximum Gasteiger partial charge on any atom is 0.408 e. The molecule has 3 fully saturated rings. The minimum atomic E-state index is -1.01. The topological polar surface area (TPSA) is 160 Å². The Kier molecular flexibility index (Phi) is 11.3. The molecular formula is C33H52N4O8. The highest BCUT2D eigenvalue weighted by molar-refractivity contribution is 6.37. The Morgan fingerprint density at radius 2 is 1.76 bits per heavy atom. The Morgan fingerprint density at radius 1 is 1.09 bits per heavy atom. The number of esters is 1. The zero-order valence-electron chi connectivity index (χ0n) is 28.1. The number of hydrogen-bond donors (Lipinski definition) is 3. The maximum absolute atomic E-state index is 14.0. The van der Waals surface area contributed by atoms with E-state index in [2.05, 4.69) is 22.5 Å². The molecule has 12 nitrogen and oxygen atoms in total. The summed E-state index contributed by atoms with van der Waals surface area (Å²) in [5.74, 6) is -4.25. The molecule has 2 saturated heterocycles. The fraction of sp³-hybridized carbons (Fsp3) is 0.758. The highest BCUT2D eigenvalue weighted by Gasteiger charge is 2.69. The molecule has 0 aromatic carbocycles. The standard InChI is InChI=1S/C33H52N4O8/c1-10-12-19(26(40)28(41)35-16-23(39)44-18-20-13-11-14-34-20)15-22(38)25-24-21(33(24,8)9)17-37(25)29(42)27(31(2,3)4)36-30(43)45-32(5,6)7/h10,19-21,24-25,27,34H,1,11-18H2,2-9H3,(H,35,41)(H,36,43)/t19?,20?,21?,24?,25-,27-/m1/s1. The van der Waals surface area contributed by atoms with Crippen molar-refractivity contribution < 1.29 is 38.2 Å². The van der Waals surface area contributed by atoms with Gasteiger partial charge in [-0.3, -0.25) is 24.0 Å². The number of hydrogen-bond acceptors (Lipinski definition) is 9. The number of carbonyl (C=O) groups is 6. The lowest BCUT2D eigenvalue weighted by molar-refractivity contribution is -0.147. The number of ether oxygens (including phenoxy) is 2. The van der Waals surface area contributed by atoms with Crippen molar-refractivity contribution in [2.45, 2.75) is 105 Å². The minimum Gasteiger partial charge on any atom is -0.463 e. The average Bonchev–Trinajstić information content (AvgIpc) is 3.36. The van der Waals surface area contributed by atoms with E-state index in [1.54, 1.807) is 20.8 Å². The van der Waals surface area contributed by atoms with Gasteiger partial charge in [0.15, 0.2) is 5.78 Å². The van der Waals surface area contributed by atoms with Gasteiger partial charge in [0.25, 0.3) is 5.91 Å². The van der Waals surface area contributed by atoms with E-state index < -0.39 is 65.2 Å². The van der Waals surface area contributed by atoms with Gasteiger partial charge in [-0.15, -0.1) is 6.58 Å². The largest absolute Gasteiger partial charge is 0.463 e. The fourth-order valence-corrected chi connectivity index (χ4v) is 6.54. The number of alkyl carbamates (subject to hydrolysis) is 1. The predicted octanol–water partition coefficient (Wildman–Crippen LogP) is 2.54. The van der Waals surface area contributed by atoms with Crippen molar-refractivity contribution in [3.05, 3.63) is 12.7 Å². The fourth-order valence-electron chi connectivity index (χ4n) is 6.54. The average molecular weight is 633 g/mol. The Hall–Kier alpha value is -3.28. The zero-order chi connectivity index (χ0) is 33.9. The van der Waals surface area contributed by atoms with E-state index in [0.29, 0.717) is 6.54 Å². The number of nitrogens with one attached hydrogen (secondary N) is 3. The molecule has 0 bridgehead atoms. The first-order valence-corrected chi connectivity index (χ1v) is 15.9. The quantitative estimate of drug-likeness (QED) is 0.158. The first-order chi connectivity index (χ1) is 20.8. The molecular weight excluding hydrogens is 580 g/mol. The first kappa shape index (κ1) is 36.2. The van der Waals surface area contributed by atoms with E-state index in [-0.39, 0.29) is 48.5 Å². The van der Waals surface area contributed by atoms with E-state index >= 15 is 0 Å². The van der Waals surface area contributed by atoms with E-state index in [1.807, 2.05) is 34.6 Å². The number of rotatable bonds is 13. The second kappa shape index (κ2) is 14.0. The number of ketones is 2. The lowest BCUT2D eigenvalue weighted by Gasteiger charge is -2.38. The molecule has 3 aliphatic rings. The summed E-state index contributed by atoms with van der Waals surface area (Å²) in [5.41, 5.74) is -1.64. The van der Waals surface area contributed by atoms with Crippen molar-refractivity contribution in [2.24, 2.45) is 28.6 Å². The third kappa shape index (κ3) is 9.14. The molecule has 2 heterocycles. The van der Waals surface area contributed by atoms with Crippen LogP contribution in [0.25, 0.3) is 0 Å². The maximum atomic E-state index is 14.0. The van der Waals surface area contributed by atoms with Crippen molar-refractivity contribution >= 4 is 35.4 Å². The number of amides is 3. The third-order valence-corrected chi connectivity index (χ3v) is 9.09. The van der Waals surface area contributed by atoms with E-state index in [9.17, 15) is 28.8 Å². The molecule has 0 spiro atoms. The molecule has 4 unspecified atom stereocenters. The highest BCUT2D eigenvalue weighted by Crippen LogP contribution is 2.65. The number of piperidine rings is 1. The SMILES string of the molecule is C=CCC(CC(=O)[C@@H]1C2C(CN1C(=O)[C@@H](NC(=O)OC(C)(C)C)C(C)(C)C)C2(C)C)C(=O)C(=O)NCC(=O)OCC1CCCN1. The Labute approximate surface area is 266 Å². The van der Waals surface area contributed by atoms with Gasteiger partial charge in [0, 0.05) is 24.9 Å². The van der Waals surface area contributed by atoms with E-state index in [0.717, 1.165) is 19.4 Å². The molecule has 1 saturated carbocycles. The van der Waals surface area contributed by atoms with Crippen molar-refractivity contribution in [3.8, 4) is 0 Å². The number of fused-ring (bicyclic) bond motifs is 1. The van der Waals surface area contributed by atoms with Crippen LogP contribution in [-0.2, 0) is 33.4 Å². The van der Waals surface area contributed by atoms with Crippen LogP contribution in [0.15, 0.2) is 12.7 Å². The number of likely N-dealkylation sites (tertiary alicyclic amines) is 1. The van der Waals surface area contributed by atoms with Gasteiger partial charge in [-0.05, 0) is 69.2 Å². The number of carbonyl (C=O) groups excluding carboxylic acids is 6. The lowest BCUT2D eigenvalue weighted by atomic mass is 9.84. The highest BCUT2D eigenvalue weighted by atomic mass is 16.6. The molecule has 0 radical (unpaired) electrons. The third-order valence-electron chi connectivity index (χ3n) is 9.09. The van der Waals surface area contributed by atoms with Gasteiger partial charge in [-0.1, -0.05) is 40.7 Å². The molecule has 12 heteroatoms. The second-order valence-corrected chi connectivity index (χ2v) is 15.2. The van der Waals surface area contributed by atoms with Crippen molar-refractivity contribution in [1.29, 1.82) is 0 Å². The summed E-state index contributed by atoms with van der Waals surface area (Å²) in [6, 6.07) is -1.70. The molecule has 3 N–H and O–H groups in total. The normalized spacial score (nSPS) is 24.9. The molecule has 252 valence electrons. The Balaban J connectivity index is 1.70. The van der Waals surface area contributed by atoms with Crippen LogP contribution >= 0.6 is 0 Å². The first-order valence-electron chi connectivity index (χ1n) is 15.9. The van der Waals surface area contributed by atoms with Crippen molar-refractivity contribution in [3.63, 3.8) is 0 Å². The summed E-state index contributed by atoms with van der Waals surface area (Å²) in [4.78, 5) is 80.2. The molecule has 3 rings (SSSR count). The summed E-state index contributed by atoms with van der Waals surface area (Å²) >= 11 is 0. The number of Topliss-reactive ketones (excluding diaryl/α,β-unsaturated/α-hetero) is 2. The van der Waals surface area contributed by atoms with Crippen molar-refractivity contribution in [2.75, 3.05) is 26.2 Å². The van der Waals surface area contributed by atoms with Crippen molar-refractivity contribution in [1.82, 2.24) is 20.9 Å². The van der Waals surface area contributed by atoms with Crippen LogP contribution in [0.4, 0.5) is 4.79 Å². The van der Waals surface area contributed by atoms with Gasteiger partial charge in [-0.2, -0.15) is 0 Å². The molecule has 3 amide bonds. The zero-order valence-corrected chi connectivity index (χ0v) is 28.1. The molecule has 6 atom stereocenters. The predicted molar refractivity (Wildman–Crippen MR) is 167 cm³/mol. The molecule has 0 aromatic rings. The van der Waals surface area contributed by atoms with E-state index in [4.69, 9.17) is 9.47 Å². The Bertz CT molecular complexity index is 1180. The number of nitrogens with zero attached hydrogens (tertiary/aromatic N) is 1. The summed E-state index contributed by atoms with van der Waals surface area (Å²) in [7, 11) is 0. The van der Waals surface area contributed by atoms with Crippen LogP contribution in [0.2, 0.25) is 0 Å². The van der Waals surface area contributed by atoms with Gasteiger partial charge in [0.1, 0.15) is 24.8 Å². The van der Waals surface area contributed by atoms with E-state index in [1.165, 1.54) is 11.0 Å². The van der Waals surface area contributed by atoms with Crippen LogP contribution in [-0.4, -0.2) is 90.3 Å². The summed E-state index contributed by atoms with van der Waals surface area (Å²) in [5, 5.41) is 8.24. The van der Waals surface area contributed by atoms with Crippen LogP contribution in [0.5, 0.6) is 0 Å². The van der Waals surface area contributed by atoms with Gasteiger partial charge >= 0.3 is 12.1 Å². The molecule has 1 aliphatic carbocycles. The monoisotopic (exact) mass is 632 g/mol. The second-order valence-electron chi connectivity index (χ2n) is 15.2. The van der Waals surface area contributed by atoms with Gasteiger partial charge in [-0.25, -0.2) is 4.79 Å². The van der Waals surface area contributed by atoms with Crippen LogP contribution < -0.4 is 16.0 Å².